The number of hydrogen-bond acceptors (Lipinski definition) is 11. The summed E-state index contributed by atoms with van der Waals surface area (Å²) in [7, 11) is -2.08. The highest BCUT2D eigenvalue weighted by Gasteiger charge is 2.62. The number of alkyl halides is 3. The number of ether oxygens (including phenoxy) is 3. The molecule has 1 fully saturated rings. The lowest BCUT2D eigenvalue weighted by Crippen LogP contribution is -2.52. The Kier molecular flexibility index (Phi) is 8.77. The molecule has 3 N–H and O–H groups in total. The zero-order chi connectivity index (χ0) is 29.9. The normalized spacial score (nSPS) is 22.5. The highest BCUT2D eigenvalue weighted by Crippen LogP contribution is 2.52. The van der Waals surface area contributed by atoms with Crippen molar-refractivity contribution < 1.29 is 55.0 Å². The second-order valence-corrected chi connectivity index (χ2v) is 10.1. The smallest absolute Gasteiger partial charge is 0.497 e. The van der Waals surface area contributed by atoms with Crippen LogP contribution in [0.5, 0.6) is 23.0 Å². The average Bonchev–Trinajstić information content (AvgIpc) is 3.21. The van der Waals surface area contributed by atoms with Gasteiger partial charge in [-0.25, -0.2) is 26.9 Å². The quantitative estimate of drug-likeness (QED) is 0.244. The molecule has 4 atom stereocenters. The summed E-state index contributed by atoms with van der Waals surface area (Å²) in [6.45, 7) is -1.47. The molecule has 2 heterocycles. The van der Waals surface area contributed by atoms with Crippen LogP contribution in [0.25, 0.3) is 0 Å². The van der Waals surface area contributed by atoms with Crippen molar-refractivity contribution in [1.29, 1.82) is 0 Å². The van der Waals surface area contributed by atoms with Crippen molar-refractivity contribution >= 4 is 13.6 Å². The minimum Gasteiger partial charge on any atom is -0.497 e. The number of hydrogen-bond donors (Lipinski definition) is 2. The number of aliphatic hydroxyl groups is 1. The molecule has 12 nitrogen and oxygen atoms in total. The van der Waals surface area contributed by atoms with Crippen molar-refractivity contribution in [2.24, 2.45) is 0 Å². The Bertz CT molecular complexity index is 1410. The average molecular weight is 605 g/mol. The summed E-state index contributed by atoms with van der Waals surface area (Å²) in [6.07, 6.45) is -10.9. The molecule has 0 unspecified atom stereocenters. The summed E-state index contributed by atoms with van der Waals surface area (Å²) in [5.74, 6) is -1.48. The molecule has 0 spiro atoms. The summed E-state index contributed by atoms with van der Waals surface area (Å²) < 4.78 is 103. The third-order valence-corrected chi connectivity index (χ3v) is 7.31. The third kappa shape index (κ3) is 6.25. The van der Waals surface area contributed by atoms with E-state index >= 15 is 4.39 Å². The lowest BCUT2D eigenvalue weighted by atomic mass is 9.97. The molecule has 17 heteroatoms. The van der Waals surface area contributed by atoms with Crippen molar-refractivity contribution in [3.8, 4) is 23.0 Å². The molecule has 2 aromatic carbocycles. The Balaban J connectivity index is 1.65. The van der Waals surface area contributed by atoms with E-state index in [1.807, 2.05) is 0 Å². The Morgan fingerprint density at radius 3 is 2.00 bits per heavy atom. The zero-order valence-electron chi connectivity index (χ0n) is 21.4. The van der Waals surface area contributed by atoms with Crippen LogP contribution in [-0.2, 0) is 13.8 Å². The van der Waals surface area contributed by atoms with Crippen molar-refractivity contribution in [1.82, 2.24) is 9.55 Å². The van der Waals surface area contributed by atoms with Crippen LogP contribution in [-0.4, -0.2) is 59.8 Å². The van der Waals surface area contributed by atoms with E-state index in [-0.39, 0.29) is 16.1 Å². The maximum atomic E-state index is 15.1. The number of aliphatic hydroxyl groups excluding tert-OH is 1. The first-order chi connectivity index (χ1) is 19.4. The maximum Gasteiger partial charge on any atom is 0.587 e. The molecule has 4 rings (SSSR count). The van der Waals surface area contributed by atoms with E-state index in [1.165, 1.54) is 62.8 Å². The Labute approximate surface area is 229 Å². The minimum atomic E-state index is -4.89. The van der Waals surface area contributed by atoms with Crippen molar-refractivity contribution in [2.75, 3.05) is 26.6 Å². The highest BCUT2D eigenvalue weighted by atomic mass is 31.2. The first-order valence-corrected chi connectivity index (χ1v) is 13.1. The van der Waals surface area contributed by atoms with Gasteiger partial charge in [0, 0.05) is 0 Å². The molecule has 1 saturated heterocycles. The molecule has 0 saturated carbocycles. The van der Waals surface area contributed by atoms with Gasteiger partial charge >= 0.3 is 13.5 Å². The number of methoxy groups -OCH3 is 2. The molecule has 0 radical (unpaired) electrons. The topological polar surface area (TPSA) is 154 Å². The fraction of sp³-hybridized carbons (Fsp3) is 0.333. The zero-order valence-corrected chi connectivity index (χ0v) is 22.3. The summed E-state index contributed by atoms with van der Waals surface area (Å²) in [6, 6.07) is 11.0. The molecule has 0 amide bonds. The lowest BCUT2D eigenvalue weighted by molar-refractivity contribution is -0.193. The van der Waals surface area contributed by atoms with E-state index in [0.29, 0.717) is 17.7 Å². The van der Waals surface area contributed by atoms with Gasteiger partial charge < -0.3 is 34.1 Å². The predicted molar refractivity (Wildman–Crippen MR) is 133 cm³/mol. The first kappa shape index (κ1) is 30.1. The fourth-order valence-corrected chi connectivity index (χ4v) is 5.04. The van der Waals surface area contributed by atoms with Crippen LogP contribution in [0.4, 0.5) is 23.4 Å². The number of nitrogens with two attached hydrogens (primary N) is 1. The van der Waals surface area contributed by atoms with Crippen LogP contribution < -0.4 is 29.9 Å². The second kappa shape index (κ2) is 11.9. The maximum absolute atomic E-state index is 15.1. The Morgan fingerprint density at radius 2 is 1.54 bits per heavy atom. The van der Waals surface area contributed by atoms with E-state index in [0.717, 1.165) is 0 Å². The van der Waals surface area contributed by atoms with Gasteiger partial charge in [-0.15, -0.1) is 0 Å². The molecular formula is C24H24F4N3O9P. The molecule has 0 bridgehead atoms. The van der Waals surface area contributed by atoms with Gasteiger partial charge in [0.15, 0.2) is 29.6 Å². The van der Waals surface area contributed by atoms with Gasteiger partial charge in [-0.1, -0.05) is 0 Å². The van der Waals surface area contributed by atoms with Gasteiger partial charge in [0.1, 0.15) is 29.1 Å². The number of anilines is 1. The van der Waals surface area contributed by atoms with Crippen LogP contribution in [0.3, 0.4) is 0 Å². The number of rotatable bonds is 11. The van der Waals surface area contributed by atoms with E-state index in [4.69, 9.17) is 33.5 Å². The molecule has 1 aliphatic heterocycles. The number of halogens is 4. The van der Waals surface area contributed by atoms with Gasteiger partial charge in [-0.2, -0.15) is 4.98 Å². The van der Waals surface area contributed by atoms with Crippen LogP contribution in [0, 0.1) is 5.82 Å². The monoisotopic (exact) mass is 605 g/mol. The lowest BCUT2D eigenvalue weighted by Gasteiger charge is -2.31. The van der Waals surface area contributed by atoms with Gasteiger partial charge in [-0.3, -0.25) is 9.09 Å². The summed E-state index contributed by atoms with van der Waals surface area (Å²) in [5, 5.41) is 10.5. The van der Waals surface area contributed by atoms with E-state index < -0.39 is 62.3 Å². The molecule has 1 aromatic heterocycles. The molecule has 3 aromatic rings. The van der Waals surface area contributed by atoms with Crippen molar-refractivity contribution in [3.05, 3.63) is 71.0 Å². The number of aromatic nitrogens is 2. The Hall–Kier alpha value is -3.85. The van der Waals surface area contributed by atoms with E-state index in [1.54, 1.807) is 0 Å². The SMILES string of the molecule is COc1ccc(OP(=O)(OC[C@@]2(C(F)F)O[C@@H](n3cc(F)c(N)nc3=O)[C@H](F)[C@@H]2O)Oc2ccc(OC)cc2)cc1. The minimum absolute atomic E-state index is 0.0992. The van der Waals surface area contributed by atoms with Crippen molar-refractivity contribution in [3.63, 3.8) is 0 Å². The van der Waals surface area contributed by atoms with E-state index in [9.17, 15) is 27.6 Å². The van der Waals surface area contributed by atoms with Gasteiger partial charge in [-0.05, 0) is 48.5 Å². The number of phosphoric ester groups is 1. The number of nitrogen functional groups attached to an aromatic ring is 1. The standard InChI is InChI=1S/C24H24F4N3O9P/c1-35-13-3-7-15(8-4-13)39-41(34,40-16-9-5-14(36-2)6-10-16)37-12-24(22(27)28)19(32)18(26)21(38-24)31-11-17(25)20(29)30-23(31)33/h3-11,18-19,21-22,32H,12H2,1-2H3,(H2,29,30,33)/t18-,19+,21-,24-/m1/s1. The molecule has 41 heavy (non-hydrogen) atoms. The number of nitrogens with zero attached hydrogens (tertiary/aromatic N) is 2. The first-order valence-electron chi connectivity index (χ1n) is 11.7. The number of benzene rings is 2. The summed E-state index contributed by atoms with van der Waals surface area (Å²) in [4.78, 5) is 15.3. The van der Waals surface area contributed by atoms with Crippen LogP contribution in [0.2, 0.25) is 0 Å². The summed E-state index contributed by atoms with van der Waals surface area (Å²) >= 11 is 0. The molecule has 0 aliphatic carbocycles. The van der Waals surface area contributed by atoms with E-state index in [2.05, 4.69) is 4.98 Å². The second-order valence-electron chi connectivity index (χ2n) is 8.57. The third-order valence-electron chi connectivity index (χ3n) is 5.99. The van der Waals surface area contributed by atoms with Crippen LogP contribution in [0.1, 0.15) is 6.23 Å². The Morgan fingerprint density at radius 1 is 1.05 bits per heavy atom. The highest BCUT2D eigenvalue weighted by molar-refractivity contribution is 7.49. The molecule has 222 valence electrons. The van der Waals surface area contributed by atoms with Crippen molar-refractivity contribution in [2.45, 2.75) is 30.5 Å². The fourth-order valence-electron chi connectivity index (χ4n) is 3.78. The largest absolute Gasteiger partial charge is 0.587 e. The van der Waals surface area contributed by atoms with Crippen LogP contribution in [0.15, 0.2) is 59.5 Å². The summed E-state index contributed by atoms with van der Waals surface area (Å²) in [5.41, 5.74) is 0.650. The van der Waals surface area contributed by atoms with Gasteiger partial charge in [0.25, 0.3) is 6.43 Å². The van der Waals surface area contributed by atoms with Gasteiger partial charge in [0.2, 0.25) is 0 Å². The molecule has 1 aliphatic rings. The van der Waals surface area contributed by atoms with Crippen LogP contribution >= 0.6 is 7.82 Å². The van der Waals surface area contributed by atoms with Gasteiger partial charge in [0.05, 0.1) is 27.0 Å². The molecular weight excluding hydrogens is 581 g/mol. The number of phosphoric acid groups is 1. The predicted octanol–water partition coefficient (Wildman–Crippen LogP) is 3.50.